The molecule has 1 heterocycles. The first-order chi connectivity index (χ1) is 9.51. The minimum absolute atomic E-state index is 0.0428. The molecule has 1 amide bonds. The van der Waals surface area contributed by atoms with Gasteiger partial charge in [-0.15, -0.1) is 0 Å². The predicted octanol–water partition coefficient (Wildman–Crippen LogP) is 1.04. The zero-order chi connectivity index (χ0) is 14.7. The minimum atomic E-state index is -0.712. The number of pyridine rings is 1. The highest BCUT2D eigenvalue weighted by Gasteiger charge is 2.21. The summed E-state index contributed by atoms with van der Waals surface area (Å²) in [5.41, 5.74) is 11.1. The Kier molecular flexibility index (Phi) is 4.39. The fraction of sp³-hybridized carbons (Fsp3) is 0.538. The molecule has 110 valence electrons. The van der Waals surface area contributed by atoms with Crippen LogP contribution < -0.4 is 22.1 Å². The van der Waals surface area contributed by atoms with Gasteiger partial charge in [-0.1, -0.05) is 0 Å². The van der Waals surface area contributed by atoms with E-state index in [-0.39, 0.29) is 29.3 Å². The van der Waals surface area contributed by atoms with Crippen LogP contribution in [0.5, 0.6) is 0 Å². The molecule has 0 spiro atoms. The van der Waals surface area contributed by atoms with Crippen molar-refractivity contribution >= 4 is 17.5 Å². The third-order valence-corrected chi connectivity index (χ3v) is 3.59. The number of hydrogen-bond acceptors (Lipinski definition) is 5. The van der Waals surface area contributed by atoms with Gasteiger partial charge in [-0.3, -0.25) is 4.79 Å². The molecule has 1 aliphatic rings. The second-order valence-corrected chi connectivity index (χ2v) is 5.09. The average molecular weight is 281 g/mol. The van der Waals surface area contributed by atoms with Crippen LogP contribution in [-0.2, 0) is 0 Å². The molecule has 0 atom stereocenters. The van der Waals surface area contributed by atoms with Gasteiger partial charge in [-0.25, -0.2) is 9.37 Å². The van der Waals surface area contributed by atoms with Crippen molar-refractivity contribution in [3.8, 4) is 0 Å². The lowest BCUT2D eigenvalue weighted by Crippen LogP contribution is -2.33. The summed E-state index contributed by atoms with van der Waals surface area (Å²) in [7, 11) is 1.61. The molecule has 0 bridgehead atoms. The smallest absolute Gasteiger partial charge is 0.252 e. The van der Waals surface area contributed by atoms with Crippen molar-refractivity contribution in [2.75, 3.05) is 17.7 Å². The van der Waals surface area contributed by atoms with Gasteiger partial charge >= 0.3 is 0 Å². The molecule has 1 fully saturated rings. The average Bonchev–Trinajstić information content (AvgIpc) is 2.42. The summed E-state index contributed by atoms with van der Waals surface area (Å²) in [6, 6.07) is 1.50. The first-order valence-electron chi connectivity index (χ1n) is 6.71. The van der Waals surface area contributed by atoms with Gasteiger partial charge in [0.1, 0.15) is 5.82 Å². The van der Waals surface area contributed by atoms with E-state index in [4.69, 9.17) is 11.5 Å². The van der Waals surface area contributed by atoms with Gasteiger partial charge in [0, 0.05) is 19.1 Å². The van der Waals surface area contributed by atoms with Crippen molar-refractivity contribution in [3.05, 3.63) is 17.4 Å². The molecule has 6 N–H and O–H groups in total. The van der Waals surface area contributed by atoms with Gasteiger partial charge in [-0.05, 0) is 31.7 Å². The Hall–Kier alpha value is -1.89. The third kappa shape index (κ3) is 3.16. The highest BCUT2D eigenvalue weighted by molar-refractivity contribution is 5.97. The van der Waals surface area contributed by atoms with E-state index >= 15 is 0 Å². The molecule has 20 heavy (non-hydrogen) atoms. The molecular formula is C13H20FN5O. The number of anilines is 2. The van der Waals surface area contributed by atoms with Crippen LogP contribution in [-0.4, -0.2) is 30.0 Å². The first-order valence-corrected chi connectivity index (χ1v) is 6.71. The number of nitrogens with two attached hydrogens (primary N) is 2. The number of nitrogens with one attached hydrogen (secondary N) is 2. The maximum atomic E-state index is 14.0. The van der Waals surface area contributed by atoms with Gasteiger partial charge in [0.05, 0.1) is 5.56 Å². The summed E-state index contributed by atoms with van der Waals surface area (Å²) < 4.78 is 14.0. The summed E-state index contributed by atoms with van der Waals surface area (Å²) >= 11 is 0. The number of halogens is 1. The number of primary amides is 1. The molecule has 1 aliphatic carbocycles. The normalized spacial score (nSPS) is 22.4. The fourth-order valence-electron chi connectivity index (χ4n) is 2.43. The van der Waals surface area contributed by atoms with Crippen molar-refractivity contribution in [1.82, 2.24) is 4.98 Å². The molecule has 0 aliphatic heterocycles. The number of carbonyl (C=O) groups excluding carboxylic acids is 1. The molecule has 1 aromatic rings. The Balaban J connectivity index is 2.17. The van der Waals surface area contributed by atoms with Gasteiger partial charge in [0.25, 0.3) is 5.91 Å². The van der Waals surface area contributed by atoms with Crippen LogP contribution in [0, 0.1) is 5.82 Å². The topological polar surface area (TPSA) is 106 Å². The van der Waals surface area contributed by atoms with E-state index < -0.39 is 11.7 Å². The summed E-state index contributed by atoms with van der Waals surface area (Å²) in [5, 5.41) is 5.83. The van der Waals surface area contributed by atoms with Crippen molar-refractivity contribution in [2.45, 2.75) is 37.8 Å². The number of carbonyl (C=O) groups is 1. The van der Waals surface area contributed by atoms with Gasteiger partial charge in [0.2, 0.25) is 0 Å². The van der Waals surface area contributed by atoms with E-state index in [2.05, 4.69) is 15.6 Å². The molecule has 0 saturated heterocycles. The molecule has 1 aromatic heterocycles. The zero-order valence-electron chi connectivity index (χ0n) is 11.4. The van der Waals surface area contributed by atoms with Crippen molar-refractivity contribution in [2.24, 2.45) is 11.5 Å². The van der Waals surface area contributed by atoms with E-state index in [9.17, 15) is 9.18 Å². The van der Waals surface area contributed by atoms with Crippen molar-refractivity contribution in [1.29, 1.82) is 0 Å². The summed E-state index contributed by atoms with van der Waals surface area (Å²) in [6.07, 6.45) is 3.60. The van der Waals surface area contributed by atoms with Crippen LogP contribution in [0.1, 0.15) is 36.0 Å². The first kappa shape index (κ1) is 14.5. The largest absolute Gasteiger partial charge is 0.372 e. The van der Waals surface area contributed by atoms with E-state index in [0.717, 1.165) is 31.7 Å². The predicted molar refractivity (Wildman–Crippen MR) is 76.1 cm³/mol. The fourth-order valence-corrected chi connectivity index (χ4v) is 2.43. The van der Waals surface area contributed by atoms with Crippen LogP contribution in [0.25, 0.3) is 0 Å². The summed E-state index contributed by atoms with van der Waals surface area (Å²) in [6.45, 7) is 0. The highest BCUT2D eigenvalue weighted by Crippen LogP contribution is 2.24. The molecule has 7 heteroatoms. The van der Waals surface area contributed by atoms with Crippen molar-refractivity contribution in [3.63, 3.8) is 0 Å². The van der Waals surface area contributed by atoms with E-state index in [0.29, 0.717) is 0 Å². The van der Waals surface area contributed by atoms with Gasteiger partial charge < -0.3 is 22.1 Å². The number of aromatic nitrogens is 1. The second-order valence-electron chi connectivity index (χ2n) is 5.09. The molecule has 0 unspecified atom stereocenters. The van der Waals surface area contributed by atoms with E-state index in [1.807, 2.05) is 0 Å². The quantitative estimate of drug-likeness (QED) is 0.660. The molecule has 0 aromatic carbocycles. The van der Waals surface area contributed by atoms with Crippen LogP contribution in [0.3, 0.4) is 0 Å². The Bertz CT molecular complexity index is 500. The van der Waals surface area contributed by atoms with Gasteiger partial charge in [-0.2, -0.15) is 0 Å². The monoisotopic (exact) mass is 281 g/mol. The maximum Gasteiger partial charge on any atom is 0.252 e. The molecular weight excluding hydrogens is 261 g/mol. The SMILES string of the molecule is CNc1nc(NC2CCC(N)CC2)c(F)cc1C(N)=O. The molecule has 0 radical (unpaired) electrons. The molecule has 2 rings (SSSR count). The Morgan fingerprint density at radius 2 is 2.00 bits per heavy atom. The van der Waals surface area contributed by atoms with Crippen LogP contribution in [0.4, 0.5) is 16.0 Å². The standard InChI is InChI=1S/C13H20FN5O/c1-17-12-9(11(16)20)6-10(14)13(19-12)18-8-4-2-7(15)3-5-8/h6-8H,2-5,15H2,1H3,(H2,16,20)(H2,17,18,19). The van der Waals surface area contributed by atoms with E-state index in [1.165, 1.54) is 0 Å². The van der Waals surface area contributed by atoms with Crippen LogP contribution >= 0.6 is 0 Å². The number of hydrogen-bond donors (Lipinski definition) is 4. The Labute approximate surface area is 117 Å². The number of nitrogens with zero attached hydrogens (tertiary/aromatic N) is 1. The van der Waals surface area contributed by atoms with E-state index in [1.54, 1.807) is 7.05 Å². The summed E-state index contributed by atoms with van der Waals surface area (Å²) in [5.74, 6) is -0.877. The lowest BCUT2D eigenvalue weighted by atomic mass is 9.92. The Morgan fingerprint density at radius 3 is 2.55 bits per heavy atom. The maximum absolute atomic E-state index is 14.0. The highest BCUT2D eigenvalue weighted by atomic mass is 19.1. The van der Waals surface area contributed by atoms with Crippen LogP contribution in [0.15, 0.2) is 6.07 Å². The molecule has 6 nitrogen and oxygen atoms in total. The van der Waals surface area contributed by atoms with Crippen LogP contribution in [0.2, 0.25) is 0 Å². The number of rotatable bonds is 4. The van der Waals surface area contributed by atoms with Crippen molar-refractivity contribution < 1.29 is 9.18 Å². The third-order valence-electron chi connectivity index (χ3n) is 3.59. The van der Waals surface area contributed by atoms with Gasteiger partial charge in [0.15, 0.2) is 11.6 Å². The summed E-state index contributed by atoms with van der Waals surface area (Å²) in [4.78, 5) is 15.3. The second kappa shape index (κ2) is 6.04. The lowest BCUT2D eigenvalue weighted by Gasteiger charge is -2.27. The number of amides is 1. The molecule has 1 saturated carbocycles. The minimum Gasteiger partial charge on any atom is -0.372 e. The lowest BCUT2D eigenvalue weighted by molar-refractivity contribution is 0.100. The Morgan fingerprint density at radius 1 is 1.35 bits per heavy atom. The zero-order valence-corrected chi connectivity index (χ0v) is 11.4.